The largest absolute Gasteiger partial charge is 0.329 e. The van der Waals surface area contributed by atoms with Crippen molar-refractivity contribution < 1.29 is 0 Å². The predicted octanol–water partition coefficient (Wildman–Crippen LogP) is 1.61. The lowest BCUT2D eigenvalue weighted by Gasteiger charge is -2.16. The smallest absolute Gasteiger partial charge is 0.0581 e. The standard InChI is InChI=1S/C13H18N2/c1-3-4-8-15-13(10-14)12-7-5-6-11(2)9-12/h5-7,9,13,15H,8,10,14H2,1-2H3. The number of nitrogens with one attached hydrogen (secondary N) is 1. The van der Waals surface area contributed by atoms with Crippen molar-refractivity contribution in [2.45, 2.75) is 19.9 Å². The highest BCUT2D eigenvalue weighted by Crippen LogP contribution is 2.12. The maximum atomic E-state index is 5.73. The minimum absolute atomic E-state index is 0.200. The van der Waals surface area contributed by atoms with E-state index in [-0.39, 0.29) is 6.04 Å². The van der Waals surface area contributed by atoms with Crippen LogP contribution in [0.5, 0.6) is 0 Å². The molecule has 0 heterocycles. The summed E-state index contributed by atoms with van der Waals surface area (Å²) in [5.74, 6) is 5.84. The molecule has 1 aromatic rings. The van der Waals surface area contributed by atoms with E-state index in [1.165, 1.54) is 11.1 Å². The Bertz CT molecular complexity index is 360. The quantitative estimate of drug-likeness (QED) is 0.728. The third-order valence-electron chi connectivity index (χ3n) is 2.29. The molecule has 0 fully saturated rings. The summed E-state index contributed by atoms with van der Waals surface area (Å²) < 4.78 is 0. The fourth-order valence-corrected chi connectivity index (χ4v) is 1.49. The number of nitrogens with two attached hydrogens (primary N) is 1. The monoisotopic (exact) mass is 202 g/mol. The summed E-state index contributed by atoms with van der Waals surface area (Å²) in [6.07, 6.45) is 0. The van der Waals surface area contributed by atoms with Crippen LogP contribution in [0.1, 0.15) is 24.1 Å². The van der Waals surface area contributed by atoms with E-state index in [1.807, 2.05) is 6.92 Å². The zero-order valence-electron chi connectivity index (χ0n) is 9.38. The molecule has 0 aliphatic heterocycles. The van der Waals surface area contributed by atoms with Gasteiger partial charge in [0.15, 0.2) is 0 Å². The van der Waals surface area contributed by atoms with E-state index in [1.54, 1.807) is 0 Å². The summed E-state index contributed by atoms with van der Waals surface area (Å²) in [4.78, 5) is 0. The Morgan fingerprint density at radius 3 is 2.87 bits per heavy atom. The van der Waals surface area contributed by atoms with Crippen LogP contribution in [0.2, 0.25) is 0 Å². The van der Waals surface area contributed by atoms with Gasteiger partial charge in [-0.2, -0.15) is 0 Å². The fourth-order valence-electron chi connectivity index (χ4n) is 1.49. The van der Waals surface area contributed by atoms with Crippen LogP contribution in [0, 0.1) is 18.8 Å². The number of rotatable bonds is 4. The van der Waals surface area contributed by atoms with E-state index in [2.05, 4.69) is 48.3 Å². The number of aryl methyl sites for hydroxylation is 1. The summed E-state index contributed by atoms with van der Waals surface area (Å²) in [5.41, 5.74) is 8.22. The normalized spacial score (nSPS) is 11.7. The summed E-state index contributed by atoms with van der Waals surface area (Å²) >= 11 is 0. The van der Waals surface area contributed by atoms with Crippen LogP contribution in [-0.2, 0) is 0 Å². The lowest BCUT2D eigenvalue weighted by molar-refractivity contribution is 0.581. The highest BCUT2D eigenvalue weighted by molar-refractivity contribution is 5.25. The summed E-state index contributed by atoms with van der Waals surface area (Å²) in [6, 6.07) is 8.59. The fraction of sp³-hybridized carbons (Fsp3) is 0.385. The first-order chi connectivity index (χ1) is 7.27. The van der Waals surface area contributed by atoms with Gasteiger partial charge in [-0.25, -0.2) is 0 Å². The molecule has 0 aromatic heterocycles. The van der Waals surface area contributed by atoms with E-state index < -0.39 is 0 Å². The number of benzene rings is 1. The van der Waals surface area contributed by atoms with Crippen molar-refractivity contribution >= 4 is 0 Å². The Kier molecular flexibility index (Phi) is 4.89. The lowest BCUT2D eigenvalue weighted by Crippen LogP contribution is -2.28. The van der Waals surface area contributed by atoms with Gasteiger partial charge in [-0.05, 0) is 19.4 Å². The lowest BCUT2D eigenvalue weighted by atomic mass is 10.0. The Labute approximate surface area is 91.9 Å². The van der Waals surface area contributed by atoms with E-state index in [9.17, 15) is 0 Å². The molecule has 1 atom stereocenters. The Balaban J connectivity index is 2.68. The SMILES string of the molecule is CC#CCNC(CN)c1cccc(C)c1. The highest BCUT2D eigenvalue weighted by atomic mass is 14.9. The third kappa shape index (κ3) is 3.75. The van der Waals surface area contributed by atoms with Crippen LogP contribution in [-0.4, -0.2) is 13.1 Å². The molecule has 80 valence electrons. The van der Waals surface area contributed by atoms with Crippen LogP contribution in [0.15, 0.2) is 24.3 Å². The molecule has 1 aromatic carbocycles. The van der Waals surface area contributed by atoms with Gasteiger partial charge in [0, 0.05) is 12.6 Å². The first-order valence-corrected chi connectivity index (χ1v) is 5.17. The van der Waals surface area contributed by atoms with Crippen LogP contribution in [0.4, 0.5) is 0 Å². The maximum absolute atomic E-state index is 5.73. The van der Waals surface area contributed by atoms with E-state index >= 15 is 0 Å². The molecule has 0 radical (unpaired) electrons. The summed E-state index contributed by atoms with van der Waals surface area (Å²) in [7, 11) is 0. The molecule has 2 heteroatoms. The molecule has 0 aliphatic carbocycles. The molecule has 0 bridgehead atoms. The molecule has 2 nitrogen and oxygen atoms in total. The zero-order valence-corrected chi connectivity index (χ0v) is 9.38. The zero-order chi connectivity index (χ0) is 11.1. The maximum Gasteiger partial charge on any atom is 0.0581 e. The highest BCUT2D eigenvalue weighted by Gasteiger charge is 2.07. The molecule has 1 unspecified atom stereocenters. The van der Waals surface area contributed by atoms with Crippen molar-refractivity contribution in [3.05, 3.63) is 35.4 Å². The van der Waals surface area contributed by atoms with Gasteiger partial charge in [0.2, 0.25) is 0 Å². The van der Waals surface area contributed by atoms with Crippen molar-refractivity contribution in [1.29, 1.82) is 0 Å². The van der Waals surface area contributed by atoms with E-state index in [4.69, 9.17) is 5.73 Å². The molecular weight excluding hydrogens is 184 g/mol. The van der Waals surface area contributed by atoms with Crippen LogP contribution in [0.3, 0.4) is 0 Å². The number of hydrogen-bond donors (Lipinski definition) is 2. The topological polar surface area (TPSA) is 38.0 Å². The van der Waals surface area contributed by atoms with Crippen LogP contribution < -0.4 is 11.1 Å². The molecule has 1 rings (SSSR count). The molecule has 3 N–H and O–H groups in total. The minimum atomic E-state index is 0.200. The van der Waals surface area contributed by atoms with Gasteiger partial charge < -0.3 is 5.73 Å². The molecule has 0 saturated carbocycles. The molecule has 15 heavy (non-hydrogen) atoms. The third-order valence-corrected chi connectivity index (χ3v) is 2.29. The van der Waals surface area contributed by atoms with Gasteiger partial charge in [0.1, 0.15) is 0 Å². The van der Waals surface area contributed by atoms with Gasteiger partial charge in [0.05, 0.1) is 6.54 Å². The van der Waals surface area contributed by atoms with Crippen molar-refractivity contribution in [3.63, 3.8) is 0 Å². The molecule has 0 spiro atoms. The van der Waals surface area contributed by atoms with Gasteiger partial charge in [-0.15, -0.1) is 5.92 Å². The molecule has 0 aliphatic rings. The van der Waals surface area contributed by atoms with Crippen LogP contribution >= 0.6 is 0 Å². The molecule has 0 amide bonds. The average molecular weight is 202 g/mol. The first kappa shape index (κ1) is 11.8. The Hall–Kier alpha value is -1.30. The summed E-state index contributed by atoms with van der Waals surface area (Å²) in [6.45, 7) is 5.20. The second-order valence-electron chi connectivity index (χ2n) is 3.51. The van der Waals surface area contributed by atoms with Gasteiger partial charge >= 0.3 is 0 Å². The minimum Gasteiger partial charge on any atom is -0.329 e. The summed E-state index contributed by atoms with van der Waals surface area (Å²) in [5, 5.41) is 3.32. The molecular formula is C13H18N2. The van der Waals surface area contributed by atoms with Crippen molar-refractivity contribution in [2.24, 2.45) is 5.73 Å². The van der Waals surface area contributed by atoms with Crippen molar-refractivity contribution in [1.82, 2.24) is 5.32 Å². The predicted molar refractivity (Wildman–Crippen MR) is 64.4 cm³/mol. The van der Waals surface area contributed by atoms with E-state index in [0.717, 1.165) is 0 Å². The van der Waals surface area contributed by atoms with Gasteiger partial charge in [0.25, 0.3) is 0 Å². The van der Waals surface area contributed by atoms with Gasteiger partial charge in [-0.3, -0.25) is 5.32 Å². The average Bonchev–Trinajstić information content (AvgIpc) is 2.24. The molecule has 0 saturated heterocycles. The van der Waals surface area contributed by atoms with Crippen molar-refractivity contribution in [3.8, 4) is 11.8 Å². The first-order valence-electron chi connectivity index (χ1n) is 5.17. The second kappa shape index (κ2) is 6.23. The van der Waals surface area contributed by atoms with Crippen molar-refractivity contribution in [2.75, 3.05) is 13.1 Å². The van der Waals surface area contributed by atoms with E-state index in [0.29, 0.717) is 13.1 Å². The Morgan fingerprint density at radius 1 is 1.47 bits per heavy atom. The van der Waals surface area contributed by atoms with Crippen LogP contribution in [0.25, 0.3) is 0 Å². The second-order valence-corrected chi connectivity index (χ2v) is 3.51. The Morgan fingerprint density at radius 2 is 2.27 bits per heavy atom. The van der Waals surface area contributed by atoms with Gasteiger partial charge in [-0.1, -0.05) is 35.7 Å². The number of hydrogen-bond acceptors (Lipinski definition) is 2.